The summed E-state index contributed by atoms with van der Waals surface area (Å²) in [6.45, 7) is 11.8. The minimum absolute atomic E-state index is 0.338. The van der Waals surface area contributed by atoms with Gasteiger partial charge in [-0.1, -0.05) is 30.3 Å². The molecule has 0 heterocycles. The van der Waals surface area contributed by atoms with Gasteiger partial charge in [-0.25, -0.2) is 0 Å². The van der Waals surface area contributed by atoms with Crippen molar-refractivity contribution in [1.82, 2.24) is 0 Å². The number of hydrogen-bond donors (Lipinski definition) is 3. The summed E-state index contributed by atoms with van der Waals surface area (Å²) in [5.74, 6) is 1.07. The lowest BCUT2D eigenvalue weighted by Gasteiger charge is -1.99. The van der Waals surface area contributed by atoms with E-state index in [9.17, 15) is 0 Å². The molecule has 0 aromatic heterocycles. The summed E-state index contributed by atoms with van der Waals surface area (Å²) < 4.78 is 0. The van der Waals surface area contributed by atoms with E-state index in [2.05, 4.69) is 0 Å². The second-order valence-electron chi connectivity index (χ2n) is 6.33. The monoisotopic (exact) mass is 382 g/mol. The molecule has 28 heavy (non-hydrogen) atoms. The van der Waals surface area contributed by atoms with Crippen molar-refractivity contribution in [3.8, 4) is 17.2 Å². The average Bonchev–Trinajstić information content (AvgIpc) is 2.65. The van der Waals surface area contributed by atoms with Crippen LogP contribution in [-0.2, 0) is 4.79 Å². The number of aromatic hydroxyl groups is 3. The van der Waals surface area contributed by atoms with Crippen LogP contribution < -0.4 is 0 Å². The smallest absolute Gasteiger partial charge is 0.118 e. The molecule has 0 radical (unpaired) electrons. The quantitative estimate of drug-likeness (QED) is 0.477. The molecule has 0 amide bonds. The highest BCUT2D eigenvalue weighted by Gasteiger charge is 1.94. The van der Waals surface area contributed by atoms with Gasteiger partial charge in [0.05, 0.1) is 0 Å². The van der Waals surface area contributed by atoms with Crippen molar-refractivity contribution >= 4 is 6.79 Å². The van der Waals surface area contributed by atoms with Gasteiger partial charge in [-0.2, -0.15) is 0 Å². The largest absolute Gasteiger partial charge is 0.508 e. The summed E-state index contributed by atoms with van der Waals surface area (Å²) in [7, 11) is 0. The van der Waals surface area contributed by atoms with Crippen LogP contribution in [0.25, 0.3) is 0 Å². The second kappa shape index (κ2) is 13.0. The number of phenolic OH excluding ortho intramolecular Hbond substituents is 3. The first-order chi connectivity index (χ1) is 13.2. The van der Waals surface area contributed by atoms with E-state index in [1.54, 1.807) is 30.3 Å². The van der Waals surface area contributed by atoms with Gasteiger partial charge in [0.1, 0.15) is 24.0 Å². The third-order valence-corrected chi connectivity index (χ3v) is 4.07. The van der Waals surface area contributed by atoms with Crippen LogP contribution in [-0.4, -0.2) is 22.1 Å². The third-order valence-electron chi connectivity index (χ3n) is 4.07. The Morgan fingerprint density at radius 2 is 1.18 bits per heavy atom. The molecule has 0 unspecified atom stereocenters. The van der Waals surface area contributed by atoms with Gasteiger partial charge >= 0.3 is 0 Å². The molecule has 0 atom stereocenters. The van der Waals surface area contributed by atoms with Gasteiger partial charge in [-0.05, 0) is 92.8 Å². The normalized spacial score (nSPS) is 8.89. The van der Waals surface area contributed by atoms with Crippen molar-refractivity contribution in [2.24, 2.45) is 0 Å². The molecule has 3 aromatic rings. The second-order valence-corrected chi connectivity index (χ2v) is 6.33. The van der Waals surface area contributed by atoms with Crippen LogP contribution in [0.3, 0.4) is 0 Å². The Balaban J connectivity index is 0.000000374. The summed E-state index contributed by atoms with van der Waals surface area (Å²) in [6, 6.07) is 18.0. The fraction of sp³-hybridized carbons (Fsp3) is 0.208. The van der Waals surface area contributed by atoms with Gasteiger partial charge in [0.25, 0.3) is 0 Å². The fourth-order valence-corrected chi connectivity index (χ4v) is 2.09. The number of rotatable bonds is 0. The lowest BCUT2D eigenvalue weighted by atomic mass is 10.1. The van der Waals surface area contributed by atoms with Gasteiger partial charge < -0.3 is 20.1 Å². The Morgan fingerprint density at radius 1 is 0.607 bits per heavy atom. The average molecular weight is 383 g/mol. The first-order valence-corrected chi connectivity index (χ1v) is 8.76. The van der Waals surface area contributed by atoms with Crippen molar-refractivity contribution in [2.45, 2.75) is 34.6 Å². The summed E-state index contributed by atoms with van der Waals surface area (Å²) in [6.07, 6.45) is 0. The summed E-state index contributed by atoms with van der Waals surface area (Å²) in [5.41, 5.74) is 5.54. The molecular formula is C24H30O4. The van der Waals surface area contributed by atoms with E-state index in [1.165, 1.54) is 5.56 Å². The number of aryl methyl sites for hydroxylation is 4. The van der Waals surface area contributed by atoms with Crippen LogP contribution >= 0.6 is 0 Å². The Bertz CT molecular complexity index is 819. The number of benzene rings is 3. The van der Waals surface area contributed by atoms with Crippen LogP contribution in [0.2, 0.25) is 0 Å². The maximum Gasteiger partial charge on any atom is 0.118 e. The zero-order chi connectivity index (χ0) is 21.7. The third kappa shape index (κ3) is 9.43. The topological polar surface area (TPSA) is 77.8 Å². The van der Waals surface area contributed by atoms with Crippen LogP contribution in [0.1, 0.15) is 27.8 Å². The standard InChI is InChI=1S/2C8H10O.C7H8O.CH2O/c1-6-3-4-8(9)5-7(6)2;1-6-4-3-5-8(9)7(6)2;1-6-3-2-4-7(8)5-6;1-2/h2*3-5,9H,1-2H3;2-5,8H,1H3;1H2. The van der Waals surface area contributed by atoms with E-state index in [4.69, 9.17) is 20.1 Å². The fourth-order valence-electron chi connectivity index (χ4n) is 2.09. The minimum atomic E-state index is 0.338. The zero-order valence-corrected chi connectivity index (χ0v) is 17.2. The lowest BCUT2D eigenvalue weighted by molar-refractivity contribution is -0.0980. The molecule has 0 saturated heterocycles. The molecule has 0 aliphatic carbocycles. The van der Waals surface area contributed by atoms with Crippen molar-refractivity contribution < 1.29 is 20.1 Å². The molecule has 0 saturated carbocycles. The number of hydrogen-bond acceptors (Lipinski definition) is 4. The van der Waals surface area contributed by atoms with Crippen LogP contribution in [0.4, 0.5) is 0 Å². The highest BCUT2D eigenvalue weighted by Crippen LogP contribution is 2.17. The lowest BCUT2D eigenvalue weighted by Crippen LogP contribution is -1.78. The van der Waals surface area contributed by atoms with E-state index in [0.29, 0.717) is 17.2 Å². The maximum absolute atomic E-state index is 9.10. The number of carbonyl (C=O) groups is 1. The van der Waals surface area contributed by atoms with Crippen LogP contribution in [0.15, 0.2) is 60.7 Å². The molecule has 3 aromatic carbocycles. The molecule has 4 heteroatoms. The number of phenols is 3. The van der Waals surface area contributed by atoms with Crippen molar-refractivity contribution in [3.63, 3.8) is 0 Å². The molecule has 0 fully saturated rings. The molecule has 0 bridgehead atoms. The van der Waals surface area contributed by atoms with Crippen molar-refractivity contribution in [3.05, 3.63) is 88.5 Å². The zero-order valence-electron chi connectivity index (χ0n) is 17.2. The highest BCUT2D eigenvalue weighted by atomic mass is 16.3. The van der Waals surface area contributed by atoms with Gasteiger partial charge in [-0.3, -0.25) is 0 Å². The number of carbonyl (C=O) groups excluding carboxylic acids is 1. The maximum atomic E-state index is 9.10. The Labute approximate surface area is 167 Å². The molecule has 0 aliphatic rings. The van der Waals surface area contributed by atoms with E-state index >= 15 is 0 Å². The molecule has 0 aliphatic heterocycles. The minimum Gasteiger partial charge on any atom is -0.508 e. The molecule has 3 rings (SSSR count). The van der Waals surface area contributed by atoms with E-state index in [0.717, 1.165) is 22.3 Å². The van der Waals surface area contributed by atoms with E-state index in [-0.39, 0.29) is 0 Å². The van der Waals surface area contributed by atoms with Crippen molar-refractivity contribution in [1.29, 1.82) is 0 Å². The van der Waals surface area contributed by atoms with Crippen LogP contribution in [0.5, 0.6) is 17.2 Å². The van der Waals surface area contributed by atoms with E-state index in [1.807, 2.05) is 71.7 Å². The van der Waals surface area contributed by atoms with Crippen LogP contribution in [0, 0.1) is 34.6 Å². The van der Waals surface area contributed by atoms with Gasteiger partial charge in [0, 0.05) is 0 Å². The molecule has 0 spiro atoms. The predicted molar refractivity (Wildman–Crippen MR) is 115 cm³/mol. The molecule has 3 N–H and O–H groups in total. The Hall–Kier alpha value is -3.27. The van der Waals surface area contributed by atoms with Gasteiger partial charge in [0.15, 0.2) is 0 Å². The molecular weight excluding hydrogens is 352 g/mol. The Kier molecular flexibility index (Phi) is 11.5. The first-order valence-electron chi connectivity index (χ1n) is 8.76. The van der Waals surface area contributed by atoms with Gasteiger partial charge in [-0.15, -0.1) is 0 Å². The Morgan fingerprint density at radius 3 is 1.57 bits per heavy atom. The highest BCUT2D eigenvalue weighted by molar-refractivity contribution is 5.36. The SMILES string of the molecule is C=O.Cc1ccc(O)cc1C.Cc1cccc(O)c1.Cc1cccc(O)c1C. The summed E-state index contributed by atoms with van der Waals surface area (Å²) >= 11 is 0. The molecule has 150 valence electrons. The summed E-state index contributed by atoms with van der Waals surface area (Å²) in [4.78, 5) is 8.00. The van der Waals surface area contributed by atoms with Crippen molar-refractivity contribution in [2.75, 3.05) is 0 Å². The summed E-state index contributed by atoms with van der Waals surface area (Å²) in [5, 5.41) is 26.9. The first kappa shape index (κ1) is 24.7. The van der Waals surface area contributed by atoms with Gasteiger partial charge in [0.2, 0.25) is 0 Å². The predicted octanol–water partition coefficient (Wildman–Crippen LogP) is 5.53. The van der Waals surface area contributed by atoms with E-state index < -0.39 is 0 Å². The molecule has 4 nitrogen and oxygen atoms in total.